The maximum Gasteiger partial charge on any atom is 0.416 e. The standard InChI is InChI=1S/C17H19F3N2O2/c1-16(2,3)24-15(23)22-7-6-12-11-5-4-10(17(18,19)20)8-13(11)21-14(12)9-22/h4-5,8,21H,6-7,9H2,1-3H3. The summed E-state index contributed by atoms with van der Waals surface area (Å²) in [6, 6.07) is 3.71. The minimum atomic E-state index is -4.37. The summed E-state index contributed by atoms with van der Waals surface area (Å²) in [5.74, 6) is 0. The van der Waals surface area contributed by atoms with Gasteiger partial charge >= 0.3 is 12.3 Å². The first-order valence-corrected chi connectivity index (χ1v) is 7.73. The number of carbonyl (C=O) groups is 1. The molecule has 1 aromatic carbocycles. The largest absolute Gasteiger partial charge is 0.444 e. The van der Waals surface area contributed by atoms with Crippen LogP contribution in [0.1, 0.15) is 37.6 Å². The monoisotopic (exact) mass is 340 g/mol. The number of amides is 1. The molecular formula is C17H19F3N2O2. The van der Waals surface area contributed by atoms with E-state index in [0.29, 0.717) is 25.0 Å². The van der Waals surface area contributed by atoms with Crippen LogP contribution in [0.4, 0.5) is 18.0 Å². The molecule has 0 fully saturated rings. The Morgan fingerprint density at radius 3 is 2.58 bits per heavy atom. The normalized spacial score (nSPS) is 15.5. The van der Waals surface area contributed by atoms with Crippen LogP contribution in [0, 0.1) is 0 Å². The number of aromatic amines is 1. The third-order valence-corrected chi connectivity index (χ3v) is 3.95. The molecule has 0 radical (unpaired) electrons. The average Bonchev–Trinajstić information content (AvgIpc) is 2.81. The van der Waals surface area contributed by atoms with Crippen LogP contribution in [0.15, 0.2) is 18.2 Å². The highest BCUT2D eigenvalue weighted by molar-refractivity contribution is 5.86. The molecule has 0 atom stereocenters. The molecule has 0 bridgehead atoms. The molecule has 0 saturated carbocycles. The first-order valence-electron chi connectivity index (χ1n) is 7.73. The number of rotatable bonds is 0. The summed E-state index contributed by atoms with van der Waals surface area (Å²) in [6.07, 6.45) is -4.20. The van der Waals surface area contributed by atoms with Gasteiger partial charge in [-0.25, -0.2) is 4.79 Å². The molecule has 1 N–H and O–H groups in total. The number of fused-ring (bicyclic) bond motifs is 3. The van der Waals surface area contributed by atoms with Crippen LogP contribution in [-0.4, -0.2) is 28.1 Å². The van der Waals surface area contributed by atoms with Crippen molar-refractivity contribution >= 4 is 17.0 Å². The van der Waals surface area contributed by atoms with Crippen LogP contribution >= 0.6 is 0 Å². The van der Waals surface area contributed by atoms with Crippen molar-refractivity contribution < 1.29 is 22.7 Å². The highest BCUT2D eigenvalue weighted by atomic mass is 19.4. The predicted molar refractivity (Wildman–Crippen MR) is 83.6 cm³/mol. The molecule has 3 rings (SSSR count). The fraction of sp³-hybridized carbons (Fsp3) is 0.471. The number of alkyl halides is 3. The number of carbonyl (C=O) groups excluding carboxylic acids is 1. The summed E-state index contributed by atoms with van der Waals surface area (Å²) in [4.78, 5) is 16.8. The van der Waals surface area contributed by atoms with Gasteiger partial charge in [0.05, 0.1) is 12.1 Å². The van der Waals surface area contributed by atoms with Crippen LogP contribution in [0.25, 0.3) is 10.9 Å². The number of nitrogens with one attached hydrogen (secondary N) is 1. The SMILES string of the molecule is CC(C)(C)OC(=O)N1CCc2c([nH]c3cc(C(F)(F)F)ccc23)C1. The number of nitrogens with zero attached hydrogens (tertiary/aromatic N) is 1. The van der Waals surface area contributed by atoms with Crippen molar-refractivity contribution in [3.63, 3.8) is 0 Å². The Hall–Kier alpha value is -2.18. The van der Waals surface area contributed by atoms with Gasteiger partial charge in [-0.3, -0.25) is 0 Å². The Kier molecular flexibility index (Phi) is 3.77. The van der Waals surface area contributed by atoms with Crippen LogP contribution in [0.2, 0.25) is 0 Å². The minimum Gasteiger partial charge on any atom is -0.444 e. The average molecular weight is 340 g/mol. The number of hydrogen-bond donors (Lipinski definition) is 1. The second-order valence-electron chi connectivity index (χ2n) is 6.99. The molecule has 1 aromatic heterocycles. The smallest absolute Gasteiger partial charge is 0.416 e. The maximum atomic E-state index is 12.8. The predicted octanol–water partition coefficient (Wildman–Crippen LogP) is 4.48. The molecular weight excluding hydrogens is 321 g/mol. The number of halogens is 3. The fourth-order valence-corrected chi connectivity index (χ4v) is 2.91. The van der Waals surface area contributed by atoms with E-state index in [-0.39, 0.29) is 0 Å². The van der Waals surface area contributed by atoms with E-state index in [4.69, 9.17) is 4.74 Å². The van der Waals surface area contributed by atoms with Gasteiger partial charge in [0, 0.05) is 23.1 Å². The lowest BCUT2D eigenvalue weighted by molar-refractivity contribution is -0.137. The van der Waals surface area contributed by atoms with Gasteiger partial charge in [0.15, 0.2) is 0 Å². The van der Waals surface area contributed by atoms with E-state index in [0.717, 1.165) is 28.8 Å². The van der Waals surface area contributed by atoms with Crippen LogP contribution < -0.4 is 0 Å². The van der Waals surface area contributed by atoms with E-state index < -0.39 is 23.4 Å². The van der Waals surface area contributed by atoms with Gasteiger partial charge in [0.25, 0.3) is 0 Å². The molecule has 4 nitrogen and oxygen atoms in total. The van der Waals surface area contributed by atoms with E-state index >= 15 is 0 Å². The highest BCUT2D eigenvalue weighted by Gasteiger charge is 2.32. The van der Waals surface area contributed by atoms with Gasteiger partial charge in [-0.1, -0.05) is 6.07 Å². The third kappa shape index (κ3) is 3.20. The third-order valence-electron chi connectivity index (χ3n) is 3.95. The Morgan fingerprint density at radius 1 is 1.25 bits per heavy atom. The molecule has 1 aliphatic heterocycles. The maximum absolute atomic E-state index is 12.8. The van der Waals surface area contributed by atoms with Crippen LogP contribution in [0.5, 0.6) is 0 Å². The van der Waals surface area contributed by atoms with Gasteiger partial charge in [-0.2, -0.15) is 13.2 Å². The molecule has 1 aliphatic rings. The van der Waals surface area contributed by atoms with Crippen molar-refractivity contribution in [1.29, 1.82) is 0 Å². The summed E-state index contributed by atoms with van der Waals surface area (Å²) in [7, 11) is 0. The molecule has 0 spiro atoms. The first kappa shape index (κ1) is 16.7. The first-order chi connectivity index (χ1) is 11.0. The molecule has 7 heteroatoms. The van der Waals surface area contributed by atoms with E-state index in [1.807, 2.05) is 0 Å². The lowest BCUT2D eigenvalue weighted by Gasteiger charge is -2.30. The fourth-order valence-electron chi connectivity index (χ4n) is 2.91. The summed E-state index contributed by atoms with van der Waals surface area (Å²) in [6.45, 7) is 6.17. The van der Waals surface area contributed by atoms with Gasteiger partial charge in [0.2, 0.25) is 0 Å². The van der Waals surface area contributed by atoms with Crippen LogP contribution in [0.3, 0.4) is 0 Å². The van der Waals surface area contributed by atoms with Crippen molar-refractivity contribution in [2.75, 3.05) is 6.54 Å². The Morgan fingerprint density at radius 2 is 1.96 bits per heavy atom. The van der Waals surface area contributed by atoms with E-state index in [1.54, 1.807) is 25.7 Å². The number of aromatic nitrogens is 1. The summed E-state index contributed by atoms with van der Waals surface area (Å²) >= 11 is 0. The number of hydrogen-bond acceptors (Lipinski definition) is 2. The second-order valence-corrected chi connectivity index (χ2v) is 6.99. The molecule has 1 amide bonds. The van der Waals surface area contributed by atoms with Gasteiger partial charge in [-0.15, -0.1) is 0 Å². The molecule has 130 valence electrons. The van der Waals surface area contributed by atoms with Crippen molar-refractivity contribution in [2.45, 2.75) is 45.5 Å². The molecule has 2 heterocycles. The van der Waals surface area contributed by atoms with Crippen LogP contribution in [-0.2, 0) is 23.9 Å². The van der Waals surface area contributed by atoms with Gasteiger partial charge in [0.1, 0.15) is 5.60 Å². The number of benzene rings is 1. The van der Waals surface area contributed by atoms with Crippen molar-refractivity contribution in [3.05, 3.63) is 35.0 Å². The lowest BCUT2D eigenvalue weighted by Crippen LogP contribution is -2.39. The summed E-state index contributed by atoms with van der Waals surface area (Å²) < 4.78 is 43.9. The minimum absolute atomic E-state index is 0.306. The zero-order chi connectivity index (χ0) is 17.7. The zero-order valence-corrected chi connectivity index (χ0v) is 13.8. The summed E-state index contributed by atoms with van der Waals surface area (Å²) in [5.41, 5.74) is 0.915. The molecule has 24 heavy (non-hydrogen) atoms. The van der Waals surface area contributed by atoms with Gasteiger partial charge < -0.3 is 14.6 Å². The quantitative estimate of drug-likeness (QED) is 0.768. The van der Waals surface area contributed by atoms with Crippen molar-refractivity contribution in [2.24, 2.45) is 0 Å². The van der Waals surface area contributed by atoms with Crippen molar-refractivity contribution in [1.82, 2.24) is 9.88 Å². The van der Waals surface area contributed by atoms with E-state index in [1.165, 1.54) is 6.07 Å². The Bertz CT molecular complexity index is 787. The second kappa shape index (κ2) is 5.43. The van der Waals surface area contributed by atoms with E-state index in [2.05, 4.69) is 4.98 Å². The number of ether oxygens (including phenoxy) is 1. The number of H-pyrrole nitrogens is 1. The zero-order valence-electron chi connectivity index (χ0n) is 13.8. The Balaban J connectivity index is 1.88. The van der Waals surface area contributed by atoms with E-state index in [9.17, 15) is 18.0 Å². The Labute approximate surface area is 137 Å². The highest BCUT2D eigenvalue weighted by Crippen LogP contribution is 2.34. The molecule has 0 unspecified atom stereocenters. The molecule has 0 aliphatic carbocycles. The topological polar surface area (TPSA) is 45.3 Å². The van der Waals surface area contributed by atoms with Crippen molar-refractivity contribution in [3.8, 4) is 0 Å². The molecule has 0 saturated heterocycles. The lowest BCUT2D eigenvalue weighted by atomic mass is 10.0. The summed E-state index contributed by atoms with van der Waals surface area (Å²) in [5, 5.41) is 0.779. The molecule has 2 aromatic rings. The van der Waals surface area contributed by atoms with Gasteiger partial charge in [-0.05, 0) is 44.9 Å².